The Morgan fingerprint density at radius 3 is 2.53 bits per heavy atom. The van der Waals surface area contributed by atoms with Gasteiger partial charge in [-0.25, -0.2) is 4.79 Å². The second-order valence-electron chi connectivity index (χ2n) is 11.6. The van der Waals surface area contributed by atoms with Crippen LogP contribution < -0.4 is 0 Å². The molecule has 0 bridgehead atoms. The summed E-state index contributed by atoms with van der Waals surface area (Å²) in [6.07, 6.45) is 10.8. The van der Waals surface area contributed by atoms with E-state index in [0.717, 1.165) is 48.5 Å². The standard InChI is InChI=1S/C30H40O4/c1-4-34-28(31)21-7-5-20(6-8-21)13-17-30(32)18-15-23-22(19-30)9-10-25-24(23)14-16-29(2)26(25)11-12-27(29)33-3/h5-8,22-27,32H,4,9-12,14-16,18-19H2,1-3H3/t22-,23+,24-,25-,26+,27+,29+,30-/m1/s1. The number of hydrogen-bond donors (Lipinski definition) is 1. The van der Waals surface area contributed by atoms with Gasteiger partial charge in [0.2, 0.25) is 0 Å². The fourth-order valence-electron chi connectivity index (χ4n) is 8.42. The molecule has 1 aromatic carbocycles. The number of rotatable bonds is 3. The third-order valence-electron chi connectivity index (χ3n) is 10.0. The van der Waals surface area contributed by atoms with Crippen molar-refractivity contribution in [1.82, 2.24) is 0 Å². The normalized spacial score (nSPS) is 40.8. The summed E-state index contributed by atoms with van der Waals surface area (Å²) in [7, 11) is 1.90. The van der Waals surface area contributed by atoms with Crippen molar-refractivity contribution in [2.24, 2.45) is 35.0 Å². The molecule has 4 fully saturated rings. The van der Waals surface area contributed by atoms with Crippen LogP contribution in [0.1, 0.15) is 87.6 Å². The highest BCUT2D eigenvalue weighted by molar-refractivity contribution is 5.89. The van der Waals surface area contributed by atoms with E-state index in [1.54, 1.807) is 19.1 Å². The maximum atomic E-state index is 11.9. The number of carbonyl (C=O) groups is 1. The Morgan fingerprint density at radius 1 is 1.03 bits per heavy atom. The molecule has 4 aliphatic rings. The minimum absolute atomic E-state index is 0.312. The molecule has 0 aliphatic heterocycles. The lowest BCUT2D eigenvalue weighted by Gasteiger charge is -2.56. The van der Waals surface area contributed by atoms with Crippen LogP contribution in [-0.2, 0) is 9.47 Å². The number of benzene rings is 1. The molecule has 34 heavy (non-hydrogen) atoms. The van der Waals surface area contributed by atoms with Crippen LogP contribution in [0.4, 0.5) is 0 Å². The molecule has 0 radical (unpaired) electrons. The first-order chi connectivity index (χ1) is 16.4. The lowest BCUT2D eigenvalue weighted by molar-refractivity contribution is -0.106. The number of methoxy groups -OCH3 is 1. The molecule has 0 heterocycles. The van der Waals surface area contributed by atoms with Gasteiger partial charge < -0.3 is 14.6 Å². The highest BCUT2D eigenvalue weighted by Gasteiger charge is 2.57. The summed E-state index contributed by atoms with van der Waals surface area (Å²) in [6, 6.07) is 7.18. The van der Waals surface area contributed by atoms with Crippen LogP contribution in [-0.4, -0.2) is 36.5 Å². The number of carbonyl (C=O) groups excluding carboxylic acids is 1. The molecular formula is C30H40O4. The summed E-state index contributed by atoms with van der Waals surface area (Å²) < 4.78 is 11.0. The zero-order valence-electron chi connectivity index (χ0n) is 21.0. The van der Waals surface area contributed by atoms with E-state index in [2.05, 4.69) is 18.8 Å². The molecule has 1 aromatic rings. The van der Waals surface area contributed by atoms with Gasteiger partial charge in [-0.15, -0.1) is 0 Å². The molecule has 4 heteroatoms. The van der Waals surface area contributed by atoms with Gasteiger partial charge in [0.1, 0.15) is 5.60 Å². The lowest BCUT2D eigenvalue weighted by Crippen LogP contribution is -2.51. The Hall–Kier alpha value is -1.83. The zero-order valence-corrected chi connectivity index (χ0v) is 21.0. The number of ether oxygens (including phenoxy) is 2. The summed E-state index contributed by atoms with van der Waals surface area (Å²) in [4.78, 5) is 11.9. The molecule has 0 spiro atoms. The second-order valence-corrected chi connectivity index (χ2v) is 11.6. The maximum Gasteiger partial charge on any atom is 0.338 e. The van der Waals surface area contributed by atoms with Crippen LogP contribution in [0.2, 0.25) is 0 Å². The summed E-state index contributed by atoms with van der Waals surface area (Å²) >= 11 is 0. The minimum atomic E-state index is -0.897. The Bertz CT molecular complexity index is 958. The molecule has 5 rings (SSSR count). The van der Waals surface area contributed by atoms with Crippen molar-refractivity contribution >= 4 is 5.97 Å². The summed E-state index contributed by atoms with van der Waals surface area (Å²) in [5.41, 5.74) is 0.830. The predicted molar refractivity (Wildman–Crippen MR) is 132 cm³/mol. The van der Waals surface area contributed by atoms with Crippen molar-refractivity contribution in [3.8, 4) is 11.8 Å². The van der Waals surface area contributed by atoms with Crippen LogP contribution in [0.15, 0.2) is 24.3 Å². The molecule has 4 aliphatic carbocycles. The SMILES string of the molecule is CCOC(=O)c1ccc(C#C[C@@]2(O)CC[C@H]3[C@H](CC[C@@H]4[C@@H]3CC[C@]3(C)[C@@H](OC)CC[C@@H]43)C2)cc1. The molecule has 0 aromatic heterocycles. The van der Waals surface area contributed by atoms with Crippen LogP contribution in [0.5, 0.6) is 0 Å². The van der Waals surface area contributed by atoms with Gasteiger partial charge in [0, 0.05) is 12.7 Å². The Morgan fingerprint density at radius 2 is 1.79 bits per heavy atom. The molecule has 184 valence electrons. The molecule has 1 N–H and O–H groups in total. The van der Waals surface area contributed by atoms with Crippen molar-refractivity contribution in [2.45, 2.75) is 83.3 Å². The summed E-state index contributed by atoms with van der Waals surface area (Å²) in [6.45, 7) is 4.66. The topological polar surface area (TPSA) is 55.8 Å². The number of esters is 1. The highest BCUT2D eigenvalue weighted by Crippen LogP contribution is 2.63. The van der Waals surface area contributed by atoms with E-state index in [1.165, 1.54) is 38.5 Å². The molecule has 0 unspecified atom stereocenters. The van der Waals surface area contributed by atoms with Gasteiger partial charge in [0.05, 0.1) is 18.3 Å². The van der Waals surface area contributed by atoms with Crippen molar-refractivity contribution in [1.29, 1.82) is 0 Å². The summed E-state index contributed by atoms with van der Waals surface area (Å²) in [5.74, 6) is 9.91. The minimum Gasteiger partial charge on any atom is -0.462 e. The average Bonchev–Trinajstić information content (AvgIpc) is 3.19. The second kappa shape index (κ2) is 9.32. The molecular weight excluding hydrogens is 424 g/mol. The average molecular weight is 465 g/mol. The van der Waals surface area contributed by atoms with Crippen LogP contribution in [0.3, 0.4) is 0 Å². The van der Waals surface area contributed by atoms with Gasteiger partial charge >= 0.3 is 5.97 Å². The maximum absolute atomic E-state index is 11.9. The first-order valence-corrected chi connectivity index (χ1v) is 13.4. The van der Waals surface area contributed by atoms with Gasteiger partial charge in [-0.1, -0.05) is 18.8 Å². The monoisotopic (exact) mass is 464 g/mol. The molecule has 4 nitrogen and oxygen atoms in total. The zero-order chi connectivity index (χ0) is 23.9. The Kier molecular flexibility index (Phi) is 6.55. The largest absolute Gasteiger partial charge is 0.462 e. The molecule has 0 saturated heterocycles. The van der Waals surface area contributed by atoms with Crippen molar-refractivity contribution in [3.63, 3.8) is 0 Å². The smallest absolute Gasteiger partial charge is 0.338 e. The van der Waals surface area contributed by atoms with Crippen molar-refractivity contribution in [3.05, 3.63) is 35.4 Å². The van der Waals surface area contributed by atoms with E-state index in [1.807, 2.05) is 19.2 Å². The first kappa shape index (κ1) is 23.9. The Balaban J connectivity index is 1.25. The quantitative estimate of drug-likeness (QED) is 0.466. The van der Waals surface area contributed by atoms with Gasteiger partial charge in [-0.05, 0) is 124 Å². The third-order valence-corrected chi connectivity index (χ3v) is 10.0. The van der Waals surface area contributed by atoms with E-state index in [0.29, 0.717) is 29.6 Å². The fraction of sp³-hybridized carbons (Fsp3) is 0.700. The van der Waals surface area contributed by atoms with E-state index in [-0.39, 0.29) is 5.97 Å². The predicted octanol–water partition coefficient (Wildman–Crippen LogP) is 5.61. The number of aliphatic hydroxyl groups is 1. The Labute approximate surface area is 204 Å². The van der Waals surface area contributed by atoms with Crippen LogP contribution in [0.25, 0.3) is 0 Å². The van der Waals surface area contributed by atoms with Crippen LogP contribution in [0, 0.1) is 46.8 Å². The van der Waals surface area contributed by atoms with E-state index >= 15 is 0 Å². The fourth-order valence-corrected chi connectivity index (χ4v) is 8.42. The third kappa shape index (κ3) is 4.20. The van der Waals surface area contributed by atoms with Crippen molar-refractivity contribution in [2.75, 3.05) is 13.7 Å². The molecule has 8 atom stereocenters. The van der Waals surface area contributed by atoms with E-state index in [9.17, 15) is 9.90 Å². The van der Waals surface area contributed by atoms with Gasteiger partial charge in [-0.2, -0.15) is 0 Å². The van der Waals surface area contributed by atoms with Crippen molar-refractivity contribution < 1.29 is 19.4 Å². The number of fused-ring (bicyclic) bond motifs is 5. The first-order valence-electron chi connectivity index (χ1n) is 13.4. The van der Waals surface area contributed by atoms with Crippen LogP contribution >= 0.6 is 0 Å². The van der Waals surface area contributed by atoms with Gasteiger partial charge in [0.25, 0.3) is 0 Å². The number of hydrogen-bond acceptors (Lipinski definition) is 4. The van der Waals surface area contributed by atoms with E-state index < -0.39 is 5.60 Å². The van der Waals surface area contributed by atoms with Gasteiger partial charge in [-0.3, -0.25) is 0 Å². The molecule has 4 saturated carbocycles. The highest BCUT2D eigenvalue weighted by atomic mass is 16.5. The van der Waals surface area contributed by atoms with E-state index in [4.69, 9.17) is 9.47 Å². The lowest BCUT2D eigenvalue weighted by atomic mass is 9.49. The summed E-state index contributed by atoms with van der Waals surface area (Å²) in [5, 5.41) is 11.4. The molecule has 0 amide bonds. The van der Waals surface area contributed by atoms with Gasteiger partial charge in [0.15, 0.2) is 0 Å².